The number of nitrogens with zero attached hydrogens (tertiary/aromatic N) is 2. The summed E-state index contributed by atoms with van der Waals surface area (Å²) in [5, 5.41) is 12.8. The van der Waals surface area contributed by atoms with Crippen molar-refractivity contribution < 1.29 is 14.5 Å². The Morgan fingerprint density at radius 3 is 2.31 bits per heavy atom. The van der Waals surface area contributed by atoms with E-state index in [0.717, 1.165) is 16.3 Å². The van der Waals surface area contributed by atoms with E-state index in [1.54, 1.807) is 12.1 Å². The number of carbonyl (C=O) groups is 2. The highest BCUT2D eigenvalue weighted by molar-refractivity contribution is 6.03. The van der Waals surface area contributed by atoms with Gasteiger partial charge in [0.1, 0.15) is 0 Å². The summed E-state index contributed by atoms with van der Waals surface area (Å²) in [6, 6.07) is 19.0. The third-order valence-corrected chi connectivity index (χ3v) is 4.76. The van der Waals surface area contributed by atoms with Crippen molar-refractivity contribution in [3.05, 3.63) is 94.0 Å². The van der Waals surface area contributed by atoms with Crippen LogP contribution in [0.1, 0.15) is 31.0 Å². The first-order valence-electron chi connectivity index (χ1n) is 9.12. The van der Waals surface area contributed by atoms with Gasteiger partial charge in [0.25, 0.3) is 11.6 Å². The molecular weight excluding hydrogens is 368 g/mol. The van der Waals surface area contributed by atoms with Gasteiger partial charge in [-0.1, -0.05) is 42.5 Å². The van der Waals surface area contributed by atoms with Crippen LogP contribution in [0.4, 0.5) is 5.69 Å². The molecule has 0 heterocycles. The minimum absolute atomic E-state index is 0.0246. The minimum Gasteiger partial charge on any atom is -0.275 e. The van der Waals surface area contributed by atoms with Crippen LogP contribution < -0.4 is 0 Å². The summed E-state index contributed by atoms with van der Waals surface area (Å²) < 4.78 is 0. The van der Waals surface area contributed by atoms with E-state index in [0.29, 0.717) is 5.56 Å². The maximum absolute atomic E-state index is 12.8. The van der Waals surface area contributed by atoms with Gasteiger partial charge in [-0.2, -0.15) is 0 Å². The number of fused-ring (bicyclic) bond motifs is 1. The van der Waals surface area contributed by atoms with Gasteiger partial charge in [-0.15, -0.1) is 0 Å². The molecule has 0 aliphatic carbocycles. The molecule has 3 aromatic carbocycles. The third kappa shape index (κ3) is 4.38. The molecule has 29 heavy (non-hydrogen) atoms. The van der Waals surface area contributed by atoms with Crippen LogP contribution in [0.3, 0.4) is 0 Å². The van der Waals surface area contributed by atoms with Crippen LogP contribution in [0, 0.1) is 10.1 Å². The molecule has 1 atom stereocenters. The maximum Gasteiger partial charge on any atom is 0.269 e. The predicted molar refractivity (Wildman–Crippen MR) is 112 cm³/mol. The van der Waals surface area contributed by atoms with Crippen LogP contribution in [0.25, 0.3) is 16.8 Å². The molecule has 2 amide bonds. The fourth-order valence-electron chi connectivity index (χ4n) is 3.33. The number of imide groups is 1. The molecule has 0 fully saturated rings. The molecule has 3 rings (SSSR count). The monoisotopic (exact) mass is 388 g/mol. The second-order valence-electron chi connectivity index (χ2n) is 6.65. The van der Waals surface area contributed by atoms with E-state index in [4.69, 9.17) is 0 Å². The molecule has 146 valence electrons. The summed E-state index contributed by atoms with van der Waals surface area (Å²) in [6.45, 7) is 3.18. The zero-order chi connectivity index (χ0) is 21.0. The molecular formula is C23H20N2O4. The fourth-order valence-corrected chi connectivity index (χ4v) is 3.33. The zero-order valence-electron chi connectivity index (χ0n) is 16.1. The molecule has 0 bridgehead atoms. The van der Waals surface area contributed by atoms with Crippen molar-refractivity contribution >= 4 is 34.4 Å². The number of hydrogen-bond acceptors (Lipinski definition) is 4. The largest absolute Gasteiger partial charge is 0.275 e. The Morgan fingerprint density at radius 1 is 1.00 bits per heavy atom. The number of hydrogen-bond donors (Lipinski definition) is 0. The molecule has 0 aromatic heterocycles. The summed E-state index contributed by atoms with van der Waals surface area (Å²) in [6.07, 6.45) is 2.85. The third-order valence-electron chi connectivity index (χ3n) is 4.76. The summed E-state index contributed by atoms with van der Waals surface area (Å²) in [5.41, 5.74) is 1.49. The van der Waals surface area contributed by atoms with E-state index in [1.807, 2.05) is 49.4 Å². The highest BCUT2D eigenvalue weighted by Crippen LogP contribution is 2.28. The van der Waals surface area contributed by atoms with Crippen LogP contribution in [-0.2, 0) is 9.59 Å². The topological polar surface area (TPSA) is 80.5 Å². The maximum atomic E-state index is 12.8. The fraction of sp³-hybridized carbons (Fsp3) is 0.130. The zero-order valence-corrected chi connectivity index (χ0v) is 16.1. The molecule has 0 saturated carbocycles. The number of nitro benzene ring substituents is 1. The lowest BCUT2D eigenvalue weighted by atomic mass is 9.98. The Morgan fingerprint density at radius 2 is 1.66 bits per heavy atom. The Hall–Kier alpha value is -3.80. The first-order chi connectivity index (χ1) is 13.9. The SMILES string of the molecule is CC(=O)N(C(=O)/C=C/c1ccc([N+](=O)[O-])cc1)C(C)c1cccc2ccccc12. The van der Waals surface area contributed by atoms with Gasteiger partial charge >= 0.3 is 0 Å². The Kier molecular flexibility index (Phi) is 5.83. The van der Waals surface area contributed by atoms with Crippen LogP contribution in [0.5, 0.6) is 0 Å². The number of carbonyl (C=O) groups excluding carboxylic acids is 2. The van der Waals surface area contributed by atoms with Gasteiger partial charge in [-0.3, -0.25) is 24.6 Å². The van der Waals surface area contributed by atoms with Gasteiger partial charge in [0, 0.05) is 25.1 Å². The Bertz CT molecular complexity index is 1100. The molecule has 1 unspecified atom stereocenters. The molecule has 0 radical (unpaired) electrons. The van der Waals surface area contributed by atoms with Crippen molar-refractivity contribution in [2.24, 2.45) is 0 Å². The van der Waals surface area contributed by atoms with Crippen molar-refractivity contribution in [2.45, 2.75) is 19.9 Å². The lowest BCUT2D eigenvalue weighted by molar-refractivity contribution is -0.384. The van der Waals surface area contributed by atoms with Crippen LogP contribution in [-0.4, -0.2) is 21.6 Å². The van der Waals surface area contributed by atoms with E-state index in [1.165, 1.54) is 36.1 Å². The summed E-state index contributed by atoms with van der Waals surface area (Å²) in [7, 11) is 0. The second-order valence-corrected chi connectivity index (χ2v) is 6.65. The normalized spacial score (nSPS) is 12.1. The smallest absolute Gasteiger partial charge is 0.269 e. The summed E-state index contributed by atoms with van der Waals surface area (Å²) in [5.74, 6) is -0.805. The van der Waals surface area contributed by atoms with Crippen LogP contribution in [0.2, 0.25) is 0 Å². The average molecular weight is 388 g/mol. The predicted octanol–water partition coefficient (Wildman–Crippen LogP) is 4.90. The molecule has 0 N–H and O–H groups in total. The highest BCUT2D eigenvalue weighted by atomic mass is 16.6. The minimum atomic E-state index is -0.484. The molecule has 0 saturated heterocycles. The molecule has 0 aliphatic heterocycles. The molecule has 6 heteroatoms. The number of amides is 2. The van der Waals surface area contributed by atoms with Crippen molar-refractivity contribution in [2.75, 3.05) is 0 Å². The molecule has 6 nitrogen and oxygen atoms in total. The van der Waals surface area contributed by atoms with Crippen molar-refractivity contribution in [1.29, 1.82) is 0 Å². The highest BCUT2D eigenvalue weighted by Gasteiger charge is 2.24. The van der Waals surface area contributed by atoms with E-state index in [9.17, 15) is 19.7 Å². The lowest BCUT2D eigenvalue weighted by Gasteiger charge is -2.26. The standard InChI is InChI=1S/C23H20N2O4/c1-16(21-9-5-7-19-6-3-4-8-22(19)21)24(17(2)26)23(27)15-12-18-10-13-20(14-11-18)25(28)29/h3-16H,1-2H3/b15-12+. The van der Waals surface area contributed by atoms with Crippen molar-refractivity contribution in [1.82, 2.24) is 4.90 Å². The molecule has 0 spiro atoms. The Balaban J connectivity index is 1.87. The molecule has 0 aliphatic rings. The summed E-state index contributed by atoms with van der Waals surface area (Å²) >= 11 is 0. The van der Waals surface area contributed by atoms with Gasteiger partial charge in [0.05, 0.1) is 11.0 Å². The van der Waals surface area contributed by atoms with Gasteiger partial charge in [0.2, 0.25) is 5.91 Å². The number of rotatable bonds is 5. The number of benzene rings is 3. The van der Waals surface area contributed by atoms with Gasteiger partial charge < -0.3 is 0 Å². The van der Waals surface area contributed by atoms with E-state index < -0.39 is 16.9 Å². The Labute approximate surface area is 168 Å². The van der Waals surface area contributed by atoms with E-state index in [-0.39, 0.29) is 11.6 Å². The van der Waals surface area contributed by atoms with Crippen LogP contribution in [0.15, 0.2) is 72.8 Å². The lowest BCUT2D eigenvalue weighted by Crippen LogP contribution is -2.36. The van der Waals surface area contributed by atoms with Gasteiger partial charge in [-0.25, -0.2) is 0 Å². The van der Waals surface area contributed by atoms with E-state index >= 15 is 0 Å². The van der Waals surface area contributed by atoms with Gasteiger partial charge in [0.15, 0.2) is 0 Å². The number of non-ortho nitro benzene ring substituents is 1. The quantitative estimate of drug-likeness (QED) is 0.354. The number of nitro groups is 1. The first kappa shape index (κ1) is 19.9. The first-order valence-corrected chi connectivity index (χ1v) is 9.12. The van der Waals surface area contributed by atoms with E-state index in [2.05, 4.69) is 0 Å². The van der Waals surface area contributed by atoms with Crippen molar-refractivity contribution in [3.8, 4) is 0 Å². The molecule has 3 aromatic rings. The van der Waals surface area contributed by atoms with Crippen LogP contribution >= 0.6 is 0 Å². The second kappa shape index (κ2) is 8.48. The average Bonchev–Trinajstić information content (AvgIpc) is 2.71. The van der Waals surface area contributed by atoms with Crippen molar-refractivity contribution in [3.63, 3.8) is 0 Å². The van der Waals surface area contributed by atoms with Gasteiger partial charge in [-0.05, 0) is 47.0 Å². The summed E-state index contributed by atoms with van der Waals surface area (Å²) in [4.78, 5) is 36.5.